The minimum Gasteiger partial charge on any atom is -0.426 e. The molecule has 0 saturated carbocycles. The zero-order valence-electron chi connectivity index (χ0n) is 9.22. The van der Waals surface area contributed by atoms with Gasteiger partial charge in [-0.2, -0.15) is 0 Å². The second-order valence-corrected chi connectivity index (χ2v) is 4.26. The Morgan fingerprint density at radius 2 is 2.06 bits per heavy atom. The molecular weight excluding hydrogens is 216 g/mol. The molecule has 0 radical (unpaired) electrons. The van der Waals surface area contributed by atoms with Crippen LogP contribution >= 0.6 is 0 Å². The molecule has 3 heteroatoms. The van der Waals surface area contributed by atoms with Crippen molar-refractivity contribution in [2.24, 2.45) is 0 Å². The number of rotatable bonds is 1. The van der Waals surface area contributed by atoms with E-state index in [-0.39, 0.29) is 24.9 Å². The van der Waals surface area contributed by atoms with Crippen molar-refractivity contribution in [2.45, 2.75) is 12.3 Å². The van der Waals surface area contributed by atoms with E-state index < -0.39 is 0 Å². The standard InChI is InChI=1S/C14H12O3/c15-8-10-7-13(16)17-12-6-5-9-3-1-2-4-11(9)14(10)12/h1-6,10,15H,7-8H2. The summed E-state index contributed by atoms with van der Waals surface area (Å²) in [5.41, 5.74) is 0.949. The van der Waals surface area contributed by atoms with E-state index in [1.165, 1.54) is 0 Å². The first kappa shape index (κ1) is 10.3. The van der Waals surface area contributed by atoms with Crippen LogP contribution in [0.4, 0.5) is 0 Å². The normalized spacial score (nSPS) is 18.9. The fourth-order valence-corrected chi connectivity index (χ4v) is 2.41. The van der Waals surface area contributed by atoms with Gasteiger partial charge in [-0.3, -0.25) is 4.79 Å². The molecule has 86 valence electrons. The van der Waals surface area contributed by atoms with Crippen molar-refractivity contribution in [2.75, 3.05) is 6.61 Å². The van der Waals surface area contributed by atoms with Gasteiger partial charge in [0.05, 0.1) is 13.0 Å². The SMILES string of the molecule is O=C1CC(CO)c2c(ccc3ccccc23)O1. The van der Waals surface area contributed by atoms with Gasteiger partial charge in [-0.15, -0.1) is 0 Å². The van der Waals surface area contributed by atoms with Gasteiger partial charge in [-0.05, 0) is 16.8 Å². The Morgan fingerprint density at radius 3 is 2.88 bits per heavy atom. The van der Waals surface area contributed by atoms with Gasteiger partial charge in [0, 0.05) is 11.5 Å². The monoisotopic (exact) mass is 228 g/mol. The molecule has 1 atom stereocenters. The topological polar surface area (TPSA) is 46.5 Å². The highest BCUT2D eigenvalue weighted by molar-refractivity contribution is 5.91. The van der Waals surface area contributed by atoms with E-state index in [1.807, 2.05) is 30.3 Å². The van der Waals surface area contributed by atoms with Crippen LogP contribution in [0, 0.1) is 0 Å². The van der Waals surface area contributed by atoms with Crippen molar-refractivity contribution in [3.63, 3.8) is 0 Å². The van der Waals surface area contributed by atoms with Crippen LogP contribution in [0.2, 0.25) is 0 Å². The maximum atomic E-state index is 11.4. The Bertz CT molecular complexity index is 589. The van der Waals surface area contributed by atoms with Crippen molar-refractivity contribution in [1.29, 1.82) is 0 Å². The number of aliphatic hydroxyl groups excluding tert-OH is 1. The summed E-state index contributed by atoms with van der Waals surface area (Å²) in [6.07, 6.45) is 0.248. The lowest BCUT2D eigenvalue weighted by Gasteiger charge is -2.24. The summed E-state index contributed by atoms with van der Waals surface area (Å²) < 4.78 is 5.22. The number of esters is 1. The van der Waals surface area contributed by atoms with Gasteiger partial charge in [0.25, 0.3) is 0 Å². The fourth-order valence-electron chi connectivity index (χ4n) is 2.41. The molecular formula is C14H12O3. The number of aliphatic hydroxyl groups is 1. The van der Waals surface area contributed by atoms with E-state index in [0.29, 0.717) is 5.75 Å². The molecule has 2 aromatic rings. The molecule has 0 aromatic heterocycles. The third-order valence-corrected chi connectivity index (χ3v) is 3.20. The Hall–Kier alpha value is -1.87. The highest BCUT2D eigenvalue weighted by Crippen LogP contribution is 2.39. The van der Waals surface area contributed by atoms with Crippen molar-refractivity contribution in [3.8, 4) is 5.75 Å². The van der Waals surface area contributed by atoms with Crippen molar-refractivity contribution in [3.05, 3.63) is 42.0 Å². The summed E-state index contributed by atoms with van der Waals surface area (Å²) >= 11 is 0. The van der Waals surface area contributed by atoms with Crippen LogP contribution in [0.15, 0.2) is 36.4 Å². The van der Waals surface area contributed by atoms with Crippen LogP contribution in [0.25, 0.3) is 10.8 Å². The van der Waals surface area contributed by atoms with Crippen LogP contribution in [-0.2, 0) is 4.79 Å². The van der Waals surface area contributed by atoms with Crippen LogP contribution in [0.3, 0.4) is 0 Å². The number of benzene rings is 2. The lowest BCUT2D eigenvalue weighted by atomic mass is 9.89. The lowest BCUT2D eigenvalue weighted by Crippen LogP contribution is -2.22. The zero-order chi connectivity index (χ0) is 11.8. The van der Waals surface area contributed by atoms with E-state index in [2.05, 4.69) is 0 Å². The second kappa shape index (κ2) is 3.86. The number of carbonyl (C=O) groups excluding carboxylic acids is 1. The summed E-state index contributed by atoms with van der Waals surface area (Å²) in [6.45, 7) is -0.0316. The Morgan fingerprint density at radius 1 is 1.24 bits per heavy atom. The average molecular weight is 228 g/mol. The van der Waals surface area contributed by atoms with Crippen LogP contribution in [0.5, 0.6) is 5.75 Å². The molecule has 0 bridgehead atoms. The third-order valence-electron chi connectivity index (χ3n) is 3.20. The number of carbonyl (C=O) groups is 1. The highest BCUT2D eigenvalue weighted by Gasteiger charge is 2.28. The molecule has 2 aromatic carbocycles. The van der Waals surface area contributed by atoms with Crippen molar-refractivity contribution in [1.82, 2.24) is 0 Å². The maximum Gasteiger partial charge on any atom is 0.311 e. The van der Waals surface area contributed by atoms with Gasteiger partial charge in [0.1, 0.15) is 5.75 Å². The van der Waals surface area contributed by atoms with Gasteiger partial charge in [0.2, 0.25) is 0 Å². The maximum absolute atomic E-state index is 11.4. The average Bonchev–Trinajstić information content (AvgIpc) is 2.37. The van der Waals surface area contributed by atoms with E-state index in [0.717, 1.165) is 16.3 Å². The van der Waals surface area contributed by atoms with Crippen molar-refractivity contribution >= 4 is 16.7 Å². The molecule has 0 spiro atoms. The quantitative estimate of drug-likeness (QED) is 0.601. The molecule has 1 aliphatic heterocycles. The number of fused-ring (bicyclic) bond motifs is 3. The summed E-state index contributed by atoms with van der Waals surface area (Å²) in [5, 5.41) is 11.6. The molecule has 3 nitrogen and oxygen atoms in total. The minimum absolute atomic E-state index is 0.0316. The predicted molar refractivity (Wildman–Crippen MR) is 64.0 cm³/mol. The number of hydrogen-bond donors (Lipinski definition) is 1. The van der Waals surface area contributed by atoms with Gasteiger partial charge in [-0.1, -0.05) is 30.3 Å². The van der Waals surface area contributed by atoms with Crippen LogP contribution in [-0.4, -0.2) is 17.7 Å². The molecule has 1 aliphatic rings. The predicted octanol–water partition coefficient (Wildman–Crippen LogP) is 2.22. The van der Waals surface area contributed by atoms with Crippen molar-refractivity contribution < 1.29 is 14.6 Å². The number of ether oxygens (including phenoxy) is 1. The van der Waals surface area contributed by atoms with Crippen LogP contribution in [0.1, 0.15) is 17.9 Å². The van der Waals surface area contributed by atoms with Gasteiger partial charge in [0.15, 0.2) is 0 Å². The molecule has 1 N–H and O–H groups in total. The van der Waals surface area contributed by atoms with E-state index in [4.69, 9.17) is 4.74 Å². The lowest BCUT2D eigenvalue weighted by molar-refractivity contribution is -0.136. The fraction of sp³-hybridized carbons (Fsp3) is 0.214. The molecule has 17 heavy (non-hydrogen) atoms. The van der Waals surface area contributed by atoms with E-state index in [1.54, 1.807) is 6.07 Å². The number of hydrogen-bond acceptors (Lipinski definition) is 3. The molecule has 0 amide bonds. The minimum atomic E-state index is -0.271. The molecule has 1 heterocycles. The van der Waals surface area contributed by atoms with Gasteiger partial charge >= 0.3 is 5.97 Å². The summed E-state index contributed by atoms with van der Waals surface area (Å²) in [5.74, 6) is 0.156. The van der Waals surface area contributed by atoms with Crippen LogP contribution < -0.4 is 4.74 Å². The Balaban J connectivity index is 2.30. The molecule has 0 aliphatic carbocycles. The molecule has 0 saturated heterocycles. The summed E-state index contributed by atoms with van der Waals surface area (Å²) in [6, 6.07) is 11.7. The zero-order valence-corrected chi connectivity index (χ0v) is 9.22. The second-order valence-electron chi connectivity index (χ2n) is 4.26. The van der Waals surface area contributed by atoms with E-state index >= 15 is 0 Å². The molecule has 1 unspecified atom stereocenters. The highest BCUT2D eigenvalue weighted by atomic mass is 16.5. The first-order chi connectivity index (χ1) is 8.29. The van der Waals surface area contributed by atoms with Gasteiger partial charge in [-0.25, -0.2) is 0 Å². The summed E-state index contributed by atoms with van der Waals surface area (Å²) in [7, 11) is 0. The smallest absolute Gasteiger partial charge is 0.311 e. The summed E-state index contributed by atoms with van der Waals surface area (Å²) in [4.78, 5) is 11.4. The third kappa shape index (κ3) is 1.59. The first-order valence-corrected chi connectivity index (χ1v) is 5.63. The largest absolute Gasteiger partial charge is 0.426 e. The first-order valence-electron chi connectivity index (χ1n) is 5.63. The molecule has 3 rings (SSSR count). The Labute approximate surface area is 98.6 Å². The Kier molecular flexibility index (Phi) is 2.34. The van der Waals surface area contributed by atoms with E-state index in [9.17, 15) is 9.90 Å². The molecule has 0 fully saturated rings. The van der Waals surface area contributed by atoms with Gasteiger partial charge < -0.3 is 9.84 Å².